The van der Waals surface area contributed by atoms with Gasteiger partial charge in [-0.3, -0.25) is 4.79 Å². The zero-order valence-electron chi connectivity index (χ0n) is 13.7. The monoisotopic (exact) mass is 371 g/mol. The summed E-state index contributed by atoms with van der Waals surface area (Å²) >= 11 is 0. The van der Waals surface area contributed by atoms with Gasteiger partial charge < -0.3 is 10.1 Å². The molecule has 0 unspecified atom stereocenters. The molecule has 5 nitrogen and oxygen atoms in total. The standard InChI is InChI=1S/C19H12F3N3O2/c20-19(21,22)18(26)25-16-5-3-14(4-6-16)15(12-24)11-13-1-7-17(8-2-13)27-10-9-23/h1-8,11H,10H2,(H,25,26)/b15-11+. The fourth-order valence-electron chi connectivity index (χ4n) is 2.06. The Labute approximate surface area is 152 Å². The van der Waals surface area contributed by atoms with Crippen molar-refractivity contribution in [3.05, 3.63) is 59.7 Å². The lowest BCUT2D eigenvalue weighted by Crippen LogP contribution is -2.29. The lowest BCUT2D eigenvalue weighted by Gasteiger charge is -2.08. The number of nitrogens with one attached hydrogen (secondary N) is 1. The van der Waals surface area contributed by atoms with Crippen molar-refractivity contribution in [3.63, 3.8) is 0 Å². The van der Waals surface area contributed by atoms with E-state index in [1.807, 2.05) is 12.1 Å². The average Bonchev–Trinajstić information content (AvgIpc) is 2.65. The van der Waals surface area contributed by atoms with Gasteiger partial charge in [0.05, 0.1) is 11.6 Å². The molecule has 1 N–H and O–H groups in total. The van der Waals surface area contributed by atoms with Crippen molar-refractivity contribution in [2.75, 3.05) is 11.9 Å². The molecule has 0 atom stereocenters. The maximum absolute atomic E-state index is 12.2. The minimum atomic E-state index is -4.97. The van der Waals surface area contributed by atoms with Gasteiger partial charge >= 0.3 is 12.1 Å². The van der Waals surface area contributed by atoms with Gasteiger partial charge in [0.2, 0.25) is 0 Å². The number of nitriles is 2. The molecule has 0 radical (unpaired) electrons. The normalized spacial score (nSPS) is 11.2. The summed E-state index contributed by atoms with van der Waals surface area (Å²) in [5, 5.41) is 19.5. The minimum absolute atomic E-state index is 0.0302. The van der Waals surface area contributed by atoms with E-state index in [1.54, 1.807) is 35.7 Å². The summed E-state index contributed by atoms with van der Waals surface area (Å²) in [5.74, 6) is -1.55. The van der Waals surface area contributed by atoms with E-state index >= 15 is 0 Å². The Kier molecular flexibility index (Phi) is 6.18. The zero-order chi connectivity index (χ0) is 19.9. The Morgan fingerprint density at radius 2 is 1.70 bits per heavy atom. The van der Waals surface area contributed by atoms with Gasteiger partial charge in [0.15, 0.2) is 6.61 Å². The fourth-order valence-corrected chi connectivity index (χ4v) is 2.06. The molecule has 1 amide bonds. The molecule has 0 bridgehead atoms. The smallest absolute Gasteiger partial charge is 0.471 e. The molecule has 136 valence electrons. The van der Waals surface area contributed by atoms with Crippen LogP contribution in [0.15, 0.2) is 48.5 Å². The Morgan fingerprint density at radius 1 is 1.07 bits per heavy atom. The molecule has 0 aliphatic rings. The van der Waals surface area contributed by atoms with Crippen molar-refractivity contribution in [2.24, 2.45) is 0 Å². The van der Waals surface area contributed by atoms with Crippen LogP contribution < -0.4 is 10.1 Å². The number of nitrogens with zero attached hydrogens (tertiary/aromatic N) is 2. The lowest BCUT2D eigenvalue weighted by molar-refractivity contribution is -0.167. The van der Waals surface area contributed by atoms with Crippen molar-refractivity contribution >= 4 is 23.2 Å². The summed E-state index contributed by atoms with van der Waals surface area (Å²) in [4.78, 5) is 10.9. The number of allylic oxidation sites excluding steroid dienone is 1. The third kappa shape index (κ3) is 5.62. The van der Waals surface area contributed by atoms with Crippen LogP contribution in [0, 0.1) is 22.7 Å². The molecule has 0 heterocycles. The average molecular weight is 371 g/mol. The Balaban J connectivity index is 2.15. The second-order valence-electron chi connectivity index (χ2n) is 5.21. The number of carbonyl (C=O) groups is 1. The number of anilines is 1. The van der Waals surface area contributed by atoms with Crippen molar-refractivity contribution in [2.45, 2.75) is 6.18 Å². The Bertz CT molecular complexity index is 919. The number of hydrogen-bond donors (Lipinski definition) is 1. The molecule has 0 spiro atoms. The number of halogens is 3. The van der Waals surface area contributed by atoms with Crippen LogP contribution in [0.4, 0.5) is 18.9 Å². The van der Waals surface area contributed by atoms with E-state index in [0.29, 0.717) is 16.9 Å². The number of carbonyl (C=O) groups excluding carboxylic acids is 1. The van der Waals surface area contributed by atoms with E-state index < -0.39 is 12.1 Å². The van der Waals surface area contributed by atoms with Gasteiger partial charge in [-0.2, -0.15) is 23.7 Å². The molecular weight excluding hydrogens is 359 g/mol. The van der Waals surface area contributed by atoms with E-state index in [9.17, 15) is 23.2 Å². The van der Waals surface area contributed by atoms with E-state index in [0.717, 1.165) is 0 Å². The molecule has 2 rings (SSSR count). The number of amides is 1. The van der Waals surface area contributed by atoms with Gasteiger partial charge in [-0.15, -0.1) is 0 Å². The van der Waals surface area contributed by atoms with Gasteiger partial charge in [-0.05, 0) is 41.5 Å². The van der Waals surface area contributed by atoms with Crippen LogP contribution in [-0.2, 0) is 4.79 Å². The van der Waals surface area contributed by atoms with Gasteiger partial charge in [0, 0.05) is 5.69 Å². The molecular formula is C19H12F3N3O2. The quantitative estimate of drug-likeness (QED) is 0.632. The van der Waals surface area contributed by atoms with Crippen LogP contribution in [0.3, 0.4) is 0 Å². The second kappa shape index (κ2) is 8.54. The summed E-state index contributed by atoms with van der Waals surface area (Å²) in [6, 6.07) is 16.0. The number of hydrogen-bond acceptors (Lipinski definition) is 4. The van der Waals surface area contributed by atoms with Crippen LogP contribution in [0.5, 0.6) is 5.75 Å². The summed E-state index contributed by atoms with van der Waals surface area (Å²) in [6.45, 7) is -0.0736. The molecule has 2 aromatic carbocycles. The molecule has 0 fully saturated rings. The van der Waals surface area contributed by atoms with E-state index in [4.69, 9.17) is 10.00 Å². The highest BCUT2D eigenvalue weighted by molar-refractivity contribution is 5.95. The lowest BCUT2D eigenvalue weighted by atomic mass is 10.0. The van der Waals surface area contributed by atoms with Crippen LogP contribution >= 0.6 is 0 Å². The largest absolute Gasteiger partial charge is 0.479 e. The third-order valence-corrected chi connectivity index (χ3v) is 3.33. The van der Waals surface area contributed by atoms with Crippen molar-refractivity contribution in [1.82, 2.24) is 0 Å². The van der Waals surface area contributed by atoms with Crippen LogP contribution in [0.1, 0.15) is 11.1 Å². The van der Waals surface area contributed by atoms with Crippen LogP contribution in [-0.4, -0.2) is 18.7 Å². The molecule has 0 aliphatic carbocycles. The van der Waals surface area contributed by atoms with E-state index in [-0.39, 0.29) is 17.9 Å². The summed E-state index contributed by atoms with van der Waals surface area (Å²) in [7, 11) is 0. The first-order chi connectivity index (χ1) is 12.8. The fraction of sp³-hybridized carbons (Fsp3) is 0.105. The highest BCUT2D eigenvalue weighted by Crippen LogP contribution is 2.23. The van der Waals surface area contributed by atoms with Crippen molar-refractivity contribution in [3.8, 4) is 17.9 Å². The minimum Gasteiger partial charge on any atom is -0.479 e. The third-order valence-electron chi connectivity index (χ3n) is 3.33. The predicted octanol–water partition coefficient (Wildman–Crippen LogP) is 4.15. The van der Waals surface area contributed by atoms with Crippen molar-refractivity contribution < 1.29 is 22.7 Å². The van der Waals surface area contributed by atoms with Gasteiger partial charge in [-0.25, -0.2) is 0 Å². The first-order valence-corrected chi connectivity index (χ1v) is 7.53. The maximum atomic E-state index is 12.2. The first-order valence-electron chi connectivity index (χ1n) is 7.53. The molecule has 0 saturated carbocycles. The zero-order valence-corrected chi connectivity index (χ0v) is 13.7. The molecule has 0 aliphatic heterocycles. The number of ether oxygens (including phenoxy) is 1. The topological polar surface area (TPSA) is 85.9 Å². The maximum Gasteiger partial charge on any atom is 0.471 e. The molecule has 0 aromatic heterocycles. The van der Waals surface area contributed by atoms with E-state index in [2.05, 4.69) is 0 Å². The molecule has 0 saturated heterocycles. The van der Waals surface area contributed by atoms with Gasteiger partial charge in [0.1, 0.15) is 11.8 Å². The highest BCUT2D eigenvalue weighted by atomic mass is 19.4. The second-order valence-corrected chi connectivity index (χ2v) is 5.21. The molecule has 8 heteroatoms. The first kappa shape index (κ1) is 19.5. The molecule has 2 aromatic rings. The SMILES string of the molecule is N#CCOc1ccc(/C=C(\C#N)c2ccc(NC(=O)C(F)(F)F)cc2)cc1. The highest BCUT2D eigenvalue weighted by Gasteiger charge is 2.38. The Morgan fingerprint density at radius 3 is 2.22 bits per heavy atom. The Hall–Kier alpha value is -3.78. The predicted molar refractivity (Wildman–Crippen MR) is 92.2 cm³/mol. The van der Waals surface area contributed by atoms with Crippen LogP contribution in [0.2, 0.25) is 0 Å². The number of rotatable bonds is 5. The summed E-state index contributed by atoms with van der Waals surface area (Å²) < 4.78 is 41.9. The van der Waals surface area contributed by atoms with Crippen LogP contribution in [0.25, 0.3) is 11.6 Å². The summed E-state index contributed by atoms with van der Waals surface area (Å²) in [5.41, 5.74) is 1.43. The summed E-state index contributed by atoms with van der Waals surface area (Å²) in [6.07, 6.45) is -3.38. The van der Waals surface area contributed by atoms with Gasteiger partial charge in [0.25, 0.3) is 0 Å². The number of alkyl halides is 3. The van der Waals surface area contributed by atoms with Gasteiger partial charge in [-0.1, -0.05) is 24.3 Å². The molecule has 27 heavy (non-hydrogen) atoms. The van der Waals surface area contributed by atoms with Crippen molar-refractivity contribution in [1.29, 1.82) is 10.5 Å². The van der Waals surface area contributed by atoms with E-state index in [1.165, 1.54) is 24.3 Å². The number of benzene rings is 2.